The van der Waals surface area contributed by atoms with Gasteiger partial charge in [0.2, 0.25) is 5.91 Å². The molecule has 0 aromatic heterocycles. The van der Waals surface area contributed by atoms with Gasteiger partial charge in [-0.1, -0.05) is 12.7 Å². The maximum absolute atomic E-state index is 11.8. The highest BCUT2D eigenvalue weighted by Gasteiger charge is 2.58. The predicted octanol–water partition coefficient (Wildman–Crippen LogP) is -0.543. The molecule has 2 aliphatic carbocycles. The van der Waals surface area contributed by atoms with Gasteiger partial charge in [0, 0.05) is 6.04 Å². The van der Waals surface area contributed by atoms with E-state index in [9.17, 15) is 14.7 Å². The molecule has 23 heavy (non-hydrogen) atoms. The summed E-state index contributed by atoms with van der Waals surface area (Å²) in [7, 11) is 1.10. The summed E-state index contributed by atoms with van der Waals surface area (Å²) >= 11 is 0. The zero-order valence-corrected chi connectivity index (χ0v) is 13.6. The lowest BCUT2D eigenvalue weighted by Gasteiger charge is -2.31. The summed E-state index contributed by atoms with van der Waals surface area (Å²) in [6.07, 6.45) is 3.89. The van der Waals surface area contributed by atoms with Crippen molar-refractivity contribution < 1.29 is 19.7 Å². The zero-order valence-electron chi connectivity index (χ0n) is 13.6. The molecular weight excluding hydrogens is 297 g/mol. The molecule has 0 aliphatic heterocycles. The van der Waals surface area contributed by atoms with E-state index in [2.05, 4.69) is 5.32 Å². The van der Waals surface area contributed by atoms with Crippen LogP contribution in [0, 0.1) is 17.8 Å². The number of hydrogen-bond acceptors (Lipinski definition) is 5. The summed E-state index contributed by atoms with van der Waals surface area (Å²) in [5.74, 6) is -0.812. The molecule has 8 heteroatoms. The van der Waals surface area contributed by atoms with Gasteiger partial charge in [0.1, 0.15) is 5.54 Å². The Morgan fingerprint density at radius 2 is 2.13 bits per heavy atom. The molecule has 6 atom stereocenters. The SMILES string of the molecule is C[C@H](N)C(=O)N[C@H]1C[C@@H]2C[C@@](N)(C(=O)O)[C@@H](CCC[B]O)[C@@H]2C1. The standard InChI is InChI=1S/C15H27BN3O4/c1-8(17)13(20)19-10-5-9-7-15(18,14(21)22)12(11(9)6-10)3-2-4-16-23/h8-12,23H,2-7,17-18H2,1H3,(H,19,20)(H,21,22)/t8-,9+,10-,11+,12-,15-/m0/s1. The summed E-state index contributed by atoms with van der Waals surface area (Å²) in [5.41, 5.74) is 10.6. The average Bonchev–Trinajstić information content (AvgIpc) is 2.95. The van der Waals surface area contributed by atoms with Gasteiger partial charge < -0.3 is 26.9 Å². The maximum Gasteiger partial charge on any atom is 0.323 e. The van der Waals surface area contributed by atoms with E-state index < -0.39 is 17.6 Å². The summed E-state index contributed by atoms with van der Waals surface area (Å²) in [4.78, 5) is 23.4. The molecule has 0 heterocycles. The third-order valence-electron chi connectivity index (χ3n) is 5.53. The second kappa shape index (κ2) is 7.19. The maximum atomic E-state index is 11.8. The van der Waals surface area contributed by atoms with Crippen LogP contribution >= 0.6 is 0 Å². The Labute approximate surface area is 137 Å². The van der Waals surface area contributed by atoms with Gasteiger partial charge in [-0.3, -0.25) is 9.59 Å². The Morgan fingerprint density at radius 1 is 1.43 bits per heavy atom. The molecule has 2 saturated carbocycles. The number of nitrogens with one attached hydrogen (secondary N) is 1. The lowest BCUT2D eigenvalue weighted by Crippen LogP contribution is -2.53. The molecule has 0 aromatic rings. The Kier molecular flexibility index (Phi) is 5.70. The molecule has 7 nitrogen and oxygen atoms in total. The van der Waals surface area contributed by atoms with Crippen molar-refractivity contribution in [2.45, 2.75) is 63.0 Å². The van der Waals surface area contributed by atoms with E-state index in [4.69, 9.17) is 16.5 Å². The molecule has 2 aliphatic rings. The highest BCUT2D eigenvalue weighted by molar-refractivity contribution is 6.25. The quantitative estimate of drug-likeness (QED) is 0.315. The minimum absolute atomic E-state index is 0.0498. The fourth-order valence-corrected chi connectivity index (χ4v) is 4.45. The van der Waals surface area contributed by atoms with E-state index in [1.165, 1.54) is 0 Å². The topological polar surface area (TPSA) is 139 Å². The van der Waals surface area contributed by atoms with E-state index >= 15 is 0 Å². The van der Waals surface area contributed by atoms with E-state index in [-0.39, 0.29) is 29.7 Å². The van der Waals surface area contributed by atoms with Crippen molar-refractivity contribution in [1.82, 2.24) is 5.32 Å². The highest BCUT2D eigenvalue weighted by Crippen LogP contribution is 2.53. The third-order valence-corrected chi connectivity index (χ3v) is 5.53. The first-order valence-corrected chi connectivity index (χ1v) is 8.33. The first-order valence-electron chi connectivity index (χ1n) is 8.33. The highest BCUT2D eigenvalue weighted by atomic mass is 16.4. The number of rotatable bonds is 7. The average molecular weight is 324 g/mol. The van der Waals surface area contributed by atoms with Gasteiger partial charge in [-0.25, -0.2) is 0 Å². The van der Waals surface area contributed by atoms with Crippen LogP contribution in [0.5, 0.6) is 0 Å². The first-order chi connectivity index (χ1) is 10.8. The first kappa shape index (κ1) is 18.2. The molecule has 0 saturated heterocycles. The van der Waals surface area contributed by atoms with Crippen molar-refractivity contribution in [1.29, 1.82) is 0 Å². The van der Waals surface area contributed by atoms with Crippen molar-refractivity contribution in [3.05, 3.63) is 0 Å². The normalized spacial score (nSPS) is 37.2. The Morgan fingerprint density at radius 3 is 2.70 bits per heavy atom. The largest absolute Gasteiger partial charge is 0.480 e. The molecule has 7 N–H and O–H groups in total. The molecule has 1 amide bonds. The van der Waals surface area contributed by atoms with Crippen LogP contribution in [-0.2, 0) is 9.59 Å². The van der Waals surface area contributed by atoms with Crippen molar-refractivity contribution in [2.75, 3.05) is 0 Å². The number of carbonyl (C=O) groups is 2. The summed E-state index contributed by atoms with van der Waals surface area (Å²) in [5, 5.41) is 21.4. The molecular formula is C15H27BN3O4. The van der Waals surface area contributed by atoms with E-state index in [1.807, 2.05) is 0 Å². The number of carbonyl (C=O) groups excluding carboxylic acids is 1. The molecule has 1 radical (unpaired) electrons. The molecule has 0 unspecified atom stereocenters. The van der Waals surface area contributed by atoms with Crippen LogP contribution in [-0.4, -0.2) is 47.1 Å². The molecule has 2 fully saturated rings. The van der Waals surface area contributed by atoms with Gasteiger partial charge in [-0.05, 0) is 50.4 Å². The van der Waals surface area contributed by atoms with Crippen molar-refractivity contribution in [3.8, 4) is 0 Å². The lowest BCUT2D eigenvalue weighted by atomic mass is 9.77. The number of aliphatic carboxylic acids is 1. The van der Waals surface area contributed by atoms with Gasteiger partial charge in [0.15, 0.2) is 0 Å². The molecule has 0 bridgehead atoms. The monoisotopic (exact) mass is 324 g/mol. The number of carboxylic acids is 1. The van der Waals surface area contributed by atoms with Gasteiger partial charge in [-0.2, -0.15) is 0 Å². The zero-order chi connectivity index (χ0) is 17.2. The smallest absolute Gasteiger partial charge is 0.323 e. The summed E-state index contributed by atoms with van der Waals surface area (Å²) in [6, 6.07) is -0.493. The van der Waals surface area contributed by atoms with Crippen LogP contribution in [0.25, 0.3) is 0 Å². The van der Waals surface area contributed by atoms with Crippen LogP contribution in [0.1, 0.15) is 39.0 Å². The second-order valence-corrected chi connectivity index (χ2v) is 7.16. The van der Waals surface area contributed by atoms with Crippen LogP contribution in [0.15, 0.2) is 0 Å². The van der Waals surface area contributed by atoms with E-state index in [1.54, 1.807) is 6.92 Å². The number of nitrogens with two attached hydrogens (primary N) is 2. The van der Waals surface area contributed by atoms with Crippen LogP contribution in [0.2, 0.25) is 6.32 Å². The molecule has 129 valence electrons. The fraction of sp³-hybridized carbons (Fsp3) is 0.867. The Balaban J connectivity index is 2.04. The minimum atomic E-state index is -1.19. The van der Waals surface area contributed by atoms with Gasteiger partial charge in [0.25, 0.3) is 7.48 Å². The number of amides is 1. The molecule has 0 spiro atoms. The Bertz CT molecular complexity index is 462. The number of carboxylic acid groups (broad SMARTS) is 1. The third kappa shape index (κ3) is 3.70. The van der Waals surface area contributed by atoms with Crippen LogP contribution in [0.3, 0.4) is 0 Å². The van der Waals surface area contributed by atoms with Crippen LogP contribution in [0.4, 0.5) is 0 Å². The van der Waals surface area contributed by atoms with E-state index in [0.29, 0.717) is 25.6 Å². The predicted molar refractivity (Wildman–Crippen MR) is 86.5 cm³/mol. The van der Waals surface area contributed by atoms with Crippen LogP contribution < -0.4 is 16.8 Å². The second-order valence-electron chi connectivity index (χ2n) is 7.16. The van der Waals surface area contributed by atoms with Crippen molar-refractivity contribution in [3.63, 3.8) is 0 Å². The lowest BCUT2D eigenvalue weighted by molar-refractivity contribution is -0.145. The number of hydrogen-bond donors (Lipinski definition) is 5. The summed E-state index contributed by atoms with van der Waals surface area (Å²) in [6.45, 7) is 1.65. The van der Waals surface area contributed by atoms with Gasteiger partial charge in [0.05, 0.1) is 6.04 Å². The van der Waals surface area contributed by atoms with Gasteiger partial charge in [-0.15, -0.1) is 0 Å². The van der Waals surface area contributed by atoms with Crippen molar-refractivity contribution >= 4 is 19.4 Å². The fourth-order valence-electron chi connectivity index (χ4n) is 4.45. The van der Waals surface area contributed by atoms with Crippen molar-refractivity contribution in [2.24, 2.45) is 29.2 Å². The number of fused-ring (bicyclic) bond motifs is 1. The van der Waals surface area contributed by atoms with Gasteiger partial charge >= 0.3 is 5.97 Å². The molecule has 0 aromatic carbocycles. The summed E-state index contributed by atoms with van der Waals surface area (Å²) < 4.78 is 0. The minimum Gasteiger partial charge on any atom is -0.480 e. The molecule has 2 rings (SSSR count). The van der Waals surface area contributed by atoms with E-state index in [0.717, 1.165) is 20.3 Å². The Hall–Kier alpha value is -1.12.